The minimum Gasteiger partial charge on any atom is -0.413 e. The number of ether oxygens (including phenoxy) is 1. The number of amides is 1. The van der Waals surface area contributed by atoms with E-state index in [1.54, 1.807) is 6.07 Å². The average Bonchev–Trinajstić information content (AvgIpc) is 2.66. The maximum Gasteiger partial charge on any atom is 0.256 e. The van der Waals surface area contributed by atoms with Crippen LogP contribution in [0.15, 0.2) is 18.3 Å². The molecule has 1 amide bonds. The largest absolute Gasteiger partial charge is 0.413 e. The first-order valence-electron chi connectivity index (χ1n) is 10.1. The van der Waals surface area contributed by atoms with Gasteiger partial charge in [-0.15, -0.1) is 0 Å². The molecule has 0 aliphatic rings. The highest BCUT2D eigenvalue weighted by Gasteiger charge is 2.45. The van der Waals surface area contributed by atoms with E-state index in [1.807, 2.05) is 13.0 Å². The van der Waals surface area contributed by atoms with Crippen molar-refractivity contribution in [2.45, 2.75) is 77.3 Å². The molecule has 1 rings (SSSR count). The predicted molar refractivity (Wildman–Crippen MR) is 116 cm³/mol. The monoisotopic (exact) mass is 421 g/mol. The second kappa shape index (κ2) is 11.4. The SMILES string of the molecule is CC(C)[Si](OC[C@@H](C)OC[C@H](O)C(=O)Nc1ccc(C#N)cn1)(C(C)C)C(C)C. The zero-order chi connectivity index (χ0) is 22.2. The molecule has 0 radical (unpaired) electrons. The lowest BCUT2D eigenvalue weighted by Gasteiger charge is -2.42. The molecule has 0 aliphatic heterocycles. The molecule has 0 saturated heterocycles. The number of nitrogens with one attached hydrogen (secondary N) is 1. The Morgan fingerprint density at radius 2 is 1.72 bits per heavy atom. The minimum atomic E-state index is -1.98. The highest BCUT2D eigenvalue weighted by Crippen LogP contribution is 2.42. The molecule has 0 aliphatic carbocycles. The van der Waals surface area contributed by atoms with Crippen molar-refractivity contribution in [3.05, 3.63) is 23.9 Å². The van der Waals surface area contributed by atoms with Crippen molar-refractivity contribution in [3.63, 3.8) is 0 Å². The van der Waals surface area contributed by atoms with Crippen molar-refractivity contribution in [3.8, 4) is 6.07 Å². The van der Waals surface area contributed by atoms with Crippen LogP contribution in [0.5, 0.6) is 0 Å². The van der Waals surface area contributed by atoms with E-state index in [0.717, 1.165) is 0 Å². The number of hydrogen-bond donors (Lipinski definition) is 2. The number of aliphatic hydroxyl groups excluding tert-OH is 1. The van der Waals surface area contributed by atoms with Gasteiger partial charge in [0.15, 0.2) is 14.4 Å². The Morgan fingerprint density at radius 1 is 1.14 bits per heavy atom. The molecule has 0 bridgehead atoms. The molecule has 0 unspecified atom stereocenters. The topological polar surface area (TPSA) is 104 Å². The van der Waals surface area contributed by atoms with Gasteiger partial charge in [-0.05, 0) is 35.7 Å². The molecule has 7 nitrogen and oxygen atoms in total. The van der Waals surface area contributed by atoms with Crippen LogP contribution in [0.2, 0.25) is 16.6 Å². The van der Waals surface area contributed by atoms with E-state index in [1.165, 1.54) is 12.3 Å². The summed E-state index contributed by atoms with van der Waals surface area (Å²) < 4.78 is 12.1. The molecular weight excluding hydrogens is 386 g/mol. The van der Waals surface area contributed by atoms with Crippen LogP contribution in [0.4, 0.5) is 5.82 Å². The number of hydrogen-bond acceptors (Lipinski definition) is 6. The van der Waals surface area contributed by atoms with Crippen LogP contribution in [0.1, 0.15) is 54.0 Å². The summed E-state index contributed by atoms with van der Waals surface area (Å²) in [5.41, 5.74) is 1.83. The van der Waals surface area contributed by atoms with Gasteiger partial charge in [0.05, 0.1) is 24.9 Å². The summed E-state index contributed by atoms with van der Waals surface area (Å²) in [6.07, 6.45) is -0.211. The summed E-state index contributed by atoms with van der Waals surface area (Å²) in [5, 5.41) is 21.3. The maximum atomic E-state index is 12.1. The Balaban J connectivity index is 2.54. The van der Waals surface area contributed by atoms with Crippen molar-refractivity contribution in [2.24, 2.45) is 0 Å². The molecule has 0 saturated carbocycles. The fraction of sp³-hybridized carbons (Fsp3) is 0.667. The van der Waals surface area contributed by atoms with Crippen molar-refractivity contribution < 1.29 is 19.1 Å². The average molecular weight is 422 g/mol. The Morgan fingerprint density at radius 3 is 2.17 bits per heavy atom. The summed E-state index contributed by atoms with van der Waals surface area (Å²) in [5.74, 6) is -0.336. The third kappa shape index (κ3) is 6.89. The van der Waals surface area contributed by atoms with Gasteiger partial charge in [-0.1, -0.05) is 41.5 Å². The molecule has 1 aromatic rings. The van der Waals surface area contributed by atoms with Gasteiger partial charge in [0.2, 0.25) is 0 Å². The minimum absolute atomic E-state index is 0.133. The van der Waals surface area contributed by atoms with Gasteiger partial charge in [-0.2, -0.15) is 5.26 Å². The van der Waals surface area contributed by atoms with Crippen LogP contribution in [0, 0.1) is 11.3 Å². The van der Waals surface area contributed by atoms with Gasteiger partial charge in [-0.3, -0.25) is 4.79 Å². The fourth-order valence-corrected chi connectivity index (χ4v) is 9.41. The van der Waals surface area contributed by atoms with Gasteiger partial charge in [0.25, 0.3) is 5.91 Å². The van der Waals surface area contributed by atoms with Crippen molar-refractivity contribution in [1.82, 2.24) is 4.98 Å². The van der Waals surface area contributed by atoms with E-state index in [-0.39, 0.29) is 18.5 Å². The molecule has 2 atom stereocenters. The fourth-order valence-electron chi connectivity index (χ4n) is 3.88. The lowest BCUT2D eigenvalue weighted by Crippen LogP contribution is -2.49. The molecule has 1 aromatic heterocycles. The molecule has 8 heteroatoms. The highest BCUT2D eigenvalue weighted by molar-refractivity contribution is 6.77. The number of carbonyl (C=O) groups excluding carboxylic acids is 1. The second-order valence-corrected chi connectivity index (χ2v) is 13.8. The quantitative estimate of drug-likeness (QED) is 0.526. The van der Waals surface area contributed by atoms with Gasteiger partial charge >= 0.3 is 0 Å². The Kier molecular flexibility index (Phi) is 9.93. The maximum absolute atomic E-state index is 12.1. The summed E-state index contributed by atoms with van der Waals surface area (Å²) in [6.45, 7) is 15.5. The van der Waals surface area contributed by atoms with Crippen LogP contribution >= 0.6 is 0 Å². The van der Waals surface area contributed by atoms with Gasteiger partial charge < -0.3 is 19.6 Å². The standard InChI is InChI=1S/C21H35N3O4Si/c1-14(2)29(15(3)4,16(5)6)28-12-17(7)27-13-19(25)21(26)24-20-9-8-18(10-22)11-23-20/h8-9,11,14-17,19,25H,12-13H2,1-7H3,(H,23,24,26)/t17-,19+/m1/s1. The van der Waals surface area contributed by atoms with Gasteiger partial charge in [0, 0.05) is 6.20 Å². The number of rotatable bonds is 11. The van der Waals surface area contributed by atoms with E-state index < -0.39 is 20.3 Å². The van der Waals surface area contributed by atoms with Crippen LogP contribution in [-0.4, -0.2) is 49.7 Å². The first kappa shape index (κ1) is 25.2. The number of anilines is 1. The zero-order valence-corrected chi connectivity index (χ0v) is 19.6. The molecule has 0 fully saturated rings. The first-order chi connectivity index (χ1) is 13.5. The van der Waals surface area contributed by atoms with E-state index in [2.05, 4.69) is 51.8 Å². The molecule has 29 heavy (non-hydrogen) atoms. The summed E-state index contributed by atoms with van der Waals surface area (Å²) in [6, 6.07) is 5.00. The number of aromatic nitrogens is 1. The lowest BCUT2D eigenvalue weighted by molar-refractivity contribution is -0.128. The Hall–Kier alpha value is -1.79. The number of carbonyl (C=O) groups is 1. The molecule has 162 valence electrons. The van der Waals surface area contributed by atoms with Crippen LogP contribution in [-0.2, 0) is 14.0 Å². The van der Waals surface area contributed by atoms with Crippen LogP contribution < -0.4 is 5.32 Å². The lowest BCUT2D eigenvalue weighted by atomic mass is 10.3. The Bertz CT molecular complexity index is 664. The van der Waals surface area contributed by atoms with Gasteiger partial charge in [-0.25, -0.2) is 4.98 Å². The summed E-state index contributed by atoms with van der Waals surface area (Å²) in [7, 11) is -1.98. The predicted octanol–water partition coefficient (Wildman–Crippen LogP) is 3.85. The number of nitriles is 1. The van der Waals surface area contributed by atoms with Crippen molar-refractivity contribution in [2.75, 3.05) is 18.5 Å². The highest BCUT2D eigenvalue weighted by atomic mass is 28.4. The third-order valence-electron chi connectivity index (χ3n) is 5.26. The zero-order valence-electron chi connectivity index (χ0n) is 18.6. The number of nitrogens with zero attached hydrogens (tertiary/aromatic N) is 2. The third-order valence-corrected chi connectivity index (χ3v) is 11.3. The van der Waals surface area contributed by atoms with E-state index >= 15 is 0 Å². The Labute approximate surface area is 175 Å². The molecule has 0 aromatic carbocycles. The van der Waals surface area contributed by atoms with Crippen LogP contribution in [0.3, 0.4) is 0 Å². The smallest absolute Gasteiger partial charge is 0.256 e. The van der Waals surface area contributed by atoms with Crippen molar-refractivity contribution >= 4 is 20.0 Å². The van der Waals surface area contributed by atoms with E-state index in [4.69, 9.17) is 14.4 Å². The molecule has 0 spiro atoms. The molecule has 1 heterocycles. The first-order valence-corrected chi connectivity index (χ1v) is 12.3. The number of aliphatic hydroxyl groups is 1. The summed E-state index contributed by atoms with van der Waals surface area (Å²) >= 11 is 0. The summed E-state index contributed by atoms with van der Waals surface area (Å²) in [4.78, 5) is 16.0. The van der Waals surface area contributed by atoms with E-state index in [9.17, 15) is 9.90 Å². The van der Waals surface area contributed by atoms with Crippen LogP contribution in [0.25, 0.3) is 0 Å². The normalized spacial score (nSPS) is 14.1. The van der Waals surface area contributed by atoms with E-state index in [0.29, 0.717) is 28.8 Å². The number of pyridine rings is 1. The molecular formula is C21H35N3O4Si. The second-order valence-electron chi connectivity index (χ2n) is 8.32. The van der Waals surface area contributed by atoms with Gasteiger partial charge in [0.1, 0.15) is 11.9 Å². The molecule has 2 N–H and O–H groups in total. The van der Waals surface area contributed by atoms with Crippen molar-refractivity contribution in [1.29, 1.82) is 5.26 Å².